The standard InChI is InChI=1S/C7H12.C5H12.C4H8.CH4/c1-4-7(5-2)6-3;1-5(2,3)4;1-3-4-2;/h4-5H,1,6H2,2-3H3;1-4H3;3H,1,4H2,2H3;1H4/b7-5+;;;. The molecule has 0 aliphatic carbocycles. The summed E-state index contributed by atoms with van der Waals surface area (Å²) < 4.78 is 0. The molecule has 0 fully saturated rings. The highest BCUT2D eigenvalue weighted by Crippen LogP contribution is 2.08. The van der Waals surface area contributed by atoms with Crippen LogP contribution in [-0.4, -0.2) is 0 Å². The second-order valence-electron chi connectivity index (χ2n) is 5.12. The van der Waals surface area contributed by atoms with Gasteiger partial charge in [0.15, 0.2) is 0 Å². The Bertz CT molecular complexity index is 171. The van der Waals surface area contributed by atoms with Crippen molar-refractivity contribution in [3.8, 4) is 0 Å². The molecule has 0 bridgehead atoms. The van der Waals surface area contributed by atoms with E-state index in [0.29, 0.717) is 5.41 Å². The van der Waals surface area contributed by atoms with Crippen molar-refractivity contribution in [3.63, 3.8) is 0 Å². The van der Waals surface area contributed by atoms with Crippen molar-refractivity contribution in [3.05, 3.63) is 37.0 Å². The molecule has 104 valence electrons. The van der Waals surface area contributed by atoms with Gasteiger partial charge in [-0.2, -0.15) is 0 Å². The molecule has 0 aromatic heterocycles. The van der Waals surface area contributed by atoms with Crippen LogP contribution in [0.15, 0.2) is 37.0 Å². The molecule has 0 spiro atoms. The summed E-state index contributed by atoms with van der Waals surface area (Å²) in [6.45, 7) is 22.1. The number of rotatable bonds is 3. The smallest absolute Gasteiger partial charge is 0.0311 e. The minimum absolute atomic E-state index is 0. The van der Waals surface area contributed by atoms with Crippen molar-refractivity contribution >= 4 is 0 Å². The van der Waals surface area contributed by atoms with E-state index < -0.39 is 0 Å². The zero-order valence-electron chi connectivity index (χ0n) is 12.6. The lowest BCUT2D eigenvalue weighted by atomic mass is 10.0. The van der Waals surface area contributed by atoms with Gasteiger partial charge in [-0.1, -0.05) is 79.3 Å². The van der Waals surface area contributed by atoms with Crippen LogP contribution in [0.4, 0.5) is 0 Å². The number of allylic oxidation sites excluding steroid dienone is 4. The Morgan fingerprint density at radius 2 is 1.35 bits per heavy atom. The number of hydrogen-bond acceptors (Lipinski definition) is 0. The van der Waals surface area contributed by atoms with E-state index in [-0.39, 0.29) is 7.43 Å². The second-order valence-corrected chi connectivity index (χ2v) is 5.12. The van der Waals surface area contributed by atoms with Gasteiger partial charge in [-0.25, -0.2) is 0 Å². The third-order valence-corrected chi connectivity index (χ3v) is 1.33. The summed E-state index contributed by atoms with van der Waals surface area (Å²) in [4.78, 5) is 0. The highest BCUT2D eigenvalue weighted by Gasteiger charge is 1.95. The monoisotopic (exact) mass is 240 g/mol. The number of hydrogen-bond donors (Lipinski definition) is 0. The van der Waals surface area contributed by atoms with Gasteiger partial charge < -0.3 is 0 Å². The molecule has 0 aliphatic rings. The highest BCUT2D eigenvalue weighted by atomic mass is 14.0. The average molecular weight is 240 g/mol. The molecule has 0 heterocycles. The summed E-state index contributed by atoms with van der Waals surface area (Å²) in [6.07, 6.45) is 8.02. The predicted octanol–water partition coefficient (Wildman–Crippen LogP) is 6.80. The Balaban J connectivity index is -0.0000000757. The predicted molar refractivity (Wildman–Crippen MR) is 86.6 cm³/mol. The summed E-state index contributed by atoms with van der Waals surface area (Å²) in [5.41, 5.74) is 1.82. The van der Waals surface area contributed by atoms with E-state index in [1.54, 1.807) is 0 Å². The molecule has 17 heavy (non-hydrogen) atoms. The van der Waals surface area contributed by atoms with Crippen molar-refractivity contribution in [1.29, 1.82) is 0 Å². The molecular formula is C17H36. The molecule has 0 aromatic carbocycles. The fourth-order valence-corrected chi connectivity index (χ4v) is 0.466. The van der Waals surface area contributed by atoms with E-state index in [4.69, 9.17) is 0 Å². The summed E-state index contributed by atoms with van der Waals surface area (Å²) in [5, 5.41) is 0. The van der Waals surface area contributed by atoms with Crippen LogP contribution >= 0.6 is 0 Å². The lowest BCUT2D eigenvalue weighted by Gasteiger charge is -2.05. The fourth-order valence-electron chi connectivity index (χ4n) is 0.466. The van der Waals surface area contributed by atoms with Crippen LogP contribution in [0.25, 0.3) is 0 Å². The quantitative estimate of drug-likeness (QED) is 0.376. The molecule has 0 nitrogen and oxygen atoms in total. The zero-order valence-corrected chi connectivity index (χ0v) is 12.6. The van der Waals surface area contributed by atoms with Crippen LogP contribution in [0.2, 0.25) is 0 Å². The Morgan fingerprint density at radius 3 is 1.35 bits per heavy atom. The lowest BCUT2D eigenvalue weighted by Crippen LogP contribution is -1.93. The molecule has 0 saturated carbocycles. The first-order valence-electron chi connectivity index (χ1n) is 6.15. The van der Waals surface area contributed by atoms with E-state index in [1.807, 2.05) is 19.1 Å². The Hall–Kier alpha value is -0.780. The van der Waals surface area contributed by atoms with Gasteiger partial charge in [-0.15, -0.1) is 6.58 Å². The van der Waals surface area contributed by atoms with E-state index in [9.17, 15) is 0 Å². The summed E-state index contributed by atoms with van der Waals surface area (Å²) in [5.74, 6) is 0. The maximum Gasteiger partial charge on any atom is -0.0311 e. The minimum atomic E-state index is 0. The third kappa shape index (κ3) is 68.8. The van der Waals surface area contributed by atoms with Gasteiger partial charge in [0.1, 0.15) is 0 Å². The Morgan fingerprint density at radius 1 is 1.06 bits per heavy atom. The maximum atomic E-state index is 3.63. The zero-order chi connectivity index (χ0) is 13.6. The van der Waals surface area contributed by atoms with Gasteiger partial charge in [0.2, 0.25) is 0 Å². The minimum Gasteiger partial charge on any atom is -0.103 e. The molecule has 0 unspecified atom stereocenters. The molecule has 0 amide bonds. The molecule has 0 saturated heterocycles. The summed E-state index contributed by atoms with van der Waals surface area (Å²) >= 11 is 0. The van der Waals surface area contributed by atoms with Crippen molar-refractivity contribution in [1.82, 2.24) is 0 Å². The van der Waals surface area contributed by atoms with Crippen LogP contribution in [0.1, 0.15) is 68.7 Å². The van der Waals surface area contributed by atoms with E-state index >= 15 is 0 Å². The molecule has 0 radical (unpaired) electrons. The van der Waals surface area contributed by atoms with Gasteiger partial charge >= 0.3 is 0 Å². The topological polar surface area (TPSA) is 0 Å². The normalized spacial score (nSPS) is 9.71. The van der Waals surface area contributed by atoms with Gasteiger partial charge in [0.05, 0.1) is 0 Å². The van der Waals surface area contributed by atoms with Crippen molar-refractivity contribution in [2.75, 3.05) is 0 Å². The highest BCUT2D eigenvalue weighted by molar-refractivity contribution is 5.13. The van der Waals surface area contributed by atoms with Crippen molar-refractivity contribution in [2.45, 2.75) is 68.7 Å². The summed E-state index contributed by atoms with van der Waals surface area (Å²) in [7, 11) is 0. The van der Waals surface area contributed by atoms with Gasteiger partial charge in [-0.3, -0.25) is 0 Å². The average Bonchev–Trinajstić information content (AvgIpc) is 2.18. The molecule has 0 rings (SSSR count). The van der Waals surface area contributed by atoms with E-state index in [2.05, 4.69) is 60.8 Å². The Kier molecular flexibility index (Phi) is 26.1. The first-order valence-corrected chi connectivity index (χ1v) is 6.15. The first-order chi connectivity index (χ1) is 7.26. The molecule has 0 heteroatoms. The van der Waals surface area contributed by atoms with Crippen LogP contribution in [0.5, 0.6) is 0 Å². The largest absolute Gasteiger partial charge is 0.103 e. The lowest BCUT2D eigenvalue weighted by molar-refractivity contribution is 0.469. The molecule has 0 aromatic rings. The van der Waals surface area contributed by atoms with E-state index in [0.717, 1.165) is 12.8 Å². The van der Waals surface area contributed by atoms with E-state index in [1.165, 1.54) is 5.57 Å². The third-order valence-electron chi connectivity index (χ3n) is 1.33. The fraction of sp³-hybridized carbons (Fsp3) is 0.647. The summed E-state index contributed by atoms with van der Waals surface area (Å²) in [6, 6.07) is 0. The van der Waals surface area contributed by atoms with Crippen LogP contribution in [-0.2, 0) is 0 Å². The van der Waals surface area contributed by atoms with Crippen LogP contribution in [0.3, 0.4) is 0 Å². The van der Waals surface area contributed by atoms with Crippen molar-refractivity contribution < 1.29 is 0 Å². The second kappa shape index (κ2) is 17.6. The SMILES string of the molecule is C.C=C/C(=C\C)CC.C=CCC.CC(C)(C)C. The molecule has 0 aliphatic heterocycles. The van der Waals surface area contributed by atoms with Crippen LogP contribution in [0, 0.1) is 5.41 Å². The Labute approximate surface area is 112 Å². The maximum absolute atomic E-state index is 3.63. The van der Waals surface area contributed by atoms with Gasteiger partial charge in [0, 0.05) is 0 Å². The van der Waals surface area contributed by atoms with Crippen LogP contribution < -0.4 is 0 Å². The molecular weight excluding hydrogens is 204 g/mol. The first kappa shape index (κ1) is 25.2. The molecule has 0 N–H and O–H groups in total. The van der Waals surface area contributed by atoms with Gasteiger partial charge in [0.25, 0.3) is 0 Å². The molecule has 0 atom stereocenters. The van der Waals surface area contributed by atoms with Gasteiger partial charge in [-0.05, 0) is 25.2 Å². The van der Waals surface area contributed by atoms with Crippen molar-refractivity contribution in [2.24, 2.45) is 5.41 Å².